The number of likely N-dealkylation sites (tertiary alicyclic amines) is 1. The summed E-state index contributed by atoms with van der Waals surface area (Å²) >= 11 is 0. The molecule has 0 aliphatic carbocycles. The standard InChI is InChI=1S/C24H26N2O2/c1-16-11-12-20(18(3)14-16)21-22(25-13-7-8-17(2)15-25)24(28)26(23(21)27)19-9-5-4-6-10-19/h4-6,9-12,14,17H,7-8,13,15H2,1-3H3. The van der Waals surface area contributed by atoms with Crippen LogP contribution in [0.4, 0.5) is 5.69 Å². The summed E-state index contributed by atoms with van der Waals surface area (Å²) in [5.41, 5.74) is 4.75. The number of amides is 2. The molecule has 2 aromatic rings. The minimum Gasteiger partial charge on any atom is -0.366 e. The van der Waals surface area contributed by atoms with Crippen molar-refractivity contribution < 1.29 is 9.59 Å². The largest absolute Gasteiger partial charge is 0.366 e. The molecule has 0 aromatic heterocycles. The lowest BCUT2D eigenvalue weighted by Gasteiger charge is -2.33. The van der Waals surface area contributed by atoms with Gasteiger partial charge >= 0.3 is 0 Å². The van der Waals surface area contributed by atoms with Gasteiger partial charge in [-0.3, -0.25) is 9.59 Å². The Hall–Kier alpha value is -2.88. The van der Waals surface area contributed by atoms with E-state index in [1.807, 2.05) is 56.3 Å². The summed E-state index contributed by atoms with van der Waals surface area (Å²) < 4.78 is 0. The molecule has 28 heavy (non-hydrogen) atoms. The molecular weight excluding hydrogens is 348 g/mol. The normalized spacial score (nSPS) is 20.3. The van der Waals surface area contributed by atoms with E-state index in [9.17, 15) is 9.59 Å². The van der Waals surface area contributed by atoms with E-state index in [0.29, 0.717) is 22.9 Å². The Morgan fingerprint density at radius 1 is 0.964 bits per heavy atom. The van der Waals surface area contributed by atoms with E-state index in [0.717, 1.165) is 42.6 Å². The fraction of sp³-hybridized carbons (Fsp3) is 0.333. The first-order valence-electron chi connectivity index (χ1n) is 9.98. The van der Waals surface area contributed by atoms with Crippen LogP contribution in [0.25, 0.3) is 5.57 Å². The Labute approximate surface area is 166 Å². The van der Waals surface area contributed by atoms with E-state index < -0.39 is 0 Å². The molecule has 1 unspecified atom stereocenters. The Morgan fingerprint density at radius 2 is 1.71 bits per heavy atom. The fourth-order valence-electron chi connectivity index (χ4n) is 4.35. The summed E-state index contributed by atoms with van der Waals surface area (Å²) in [7, 11) is 0. The third-order valence-corrected chi connectivity index (χ3v) is 5.70. The Bertz CT molecular complexity index is 962. The molecule has 2 aliphatic rings. The molecule has 0 saturated carbocycles. The highest BCUT2D eigenvalue weighted by Gasteiger charge is 2.43. The van der Waals surface area contributed by atoms with E-state index in [4.69, 9.17) is 0 Å². The van der Waals surface area contributed by atoms with Crippen LogP contribution in [-0.2, 0) is 9.59 Å². The molecular formula is C24H26N2O2. The molecule has 0 N–H and O–H groups in total. The van der Waals surface area contributed by atoms with Crippen molar-refractivity contribution in [3.05, 3.63) is 70.9 Å². The zero-order valence-corrected chi connectivity index (χ0v) is 16.7. The summed E-state index contributed by atoms with van der Waals surface area (Å²) in [4.78, 5) is 30.5. The Morgan fingerprint density at radius 3 is 2.39 bits per heavy atom. The molecule has 1 saturated heterocycles. The van der Waals surface area contributed by atoms with Crippen molar-refractivity contribution in [1.82, 2.24) is 4.90 Å². The smallest absolute Gasteiger partial charge is 0.282 e. The highest BCUT2D eigenvalue weighted by atomic mass is 16.2. The monoisotopic (exact) mass is 374 g/mol. The number of anilines is 1. The molecule has 144 valence electrons. The lowest BCUT2D eigenvalue weighted by Crippen LogP contribution is -2.39. The number of rotatable bonds is 3. The number of imide groups is 1. The quantitative estimate of drug-likeness (QED) is 0.751. The second kappa shape index (κ2) is 7.27. The Balaban J connectivity index is 1.87. The van der Waals surface area contributed by atoms with Gasteiger partial charge in [-0.05, 0) is 55.9 Å². The number of para-hydroxylation sites is 1. The maximum atomic E-state index is 13.5. The third kappa shape index (κ3) is 3.13. The lowest BCUT2D eigenvalue weighted by molar-refractivity contribution is -0.120. The second-order valence-corrected chi connectivity index (χ2v) is 8.02. The molecule has 4 nitrogen and oxygen atoms in total. The number of carbonyl (C=O) groups is 2. The van der Waals surface area contributed by atoms with Crippen LogP contribution in [0.5, 0.6) is 0 Å². The van der Waals surface area contributed by atoms with E-state index in [2.05, 4.69) is 17.9 Å². The number of carbonyl (C=O) groups excluding carboxylic acids is 2. The molecule has 0 spiro atoms. The zero-order chi connectivity index (χ0) is 19.8. The van der Waals surface area contributed by atoms with Crippen molar-refractivity contribution in [1.29, 1.82) is 0 Å². The summed E-state index contributed by atoms with van der Waals surface area (Å²) in [5.74, 6) is 0.0759. The predicted octanol–water partition coefficient (Wildman–Crippen LogP) is 4.32. The van der Waals surface area contributed by atoms with Gasteiger partial charge in [-0.2, -0.15) is 0 Å². The van der Waals surface area contributed by atoms with E-state index in [1.165, 1.54) is 4.90 Å². The van der Waals surface area contributed by atoms with Gasteiger partial charge in [-0.15, -0.1) is 0 Å². The summed E-state index contributed by atoms with van der Waals surface area (Å²) in [6.45, 7) is 7.88. The molecule has 2 aliphatic heterocycles. The van der Waals surface area contributed by atoms with Gasteiger partial charge in [0.1, 0.15) is 5.70 Å². The van der Waals surface area contributed by atoms with Gasteiger partial charge in [-0.25, -0.2) is 4.90 Å². The first-order valence-corrected chi connectivity index (χ1v) is 9.98. The Kier molecular flexibility index (Phi) is 4.80. The van der Waals surface area contributed by atoms with Crippen molar-refractivity contribution >= 4 is 23.1 Å². The topological polar surface area (TPSA) is 40.6 Å². The zero-order valence-electron chi connectivity index (χ0n) is 16.7. The first-order chi connectivity index (χ1) is 13.5. The van der Waals surface area contributed by atoms with Crippen LogP contribution in [0.1, 0.15) is 36.5 Å². The van der Waals surface area contributed by atoms with Crippen LogP contribution in [0, 0.1) is 19.8 Å². The van der Waals surface area contributed by atoms with Crippen LogP contribution in [0.3, 0.4) is 0 Å². The number of aryl methyl sites for hydroxylation is 2. The third-order valence-electron chi connectivity index (χ3n) is 5.70. The predicted molar refractivity (Wildman–Crippen MR) is 112 cm³/mol. The molecule has 0 radical (unpaired) electrons. The summed E-state index contributed by atoms with van der Waals surface area (Å²) in [6.07, 6.45) is 2.20. The molecule has 2 heterocycles. The number of hydrogen-bond acceptors (Lipinski definition) is 3. The average Bonchev–Trinajstić information content (AvgIpc) is 2.93. The second-order valence-electron chi connectivity index (χ2n) is 8.02. The number of hydrogen-bond donors (Lipinski definition) is 0. The summed E-state index contributed by atoms with van der Waals surface area (Å²) in [5, 5.41) is 0. The maximum absolute atomic E-state index is 13.5. The molecule has 2 amide bonds. The van der Waals surface area contributed by atoms with Crippen molar-refractivity contribution in [3.63, 3.8) is 0 Å². The van der Waals surface area contributed by atoms with Gasteiger partial charge in [0, 0.05) is 13.1 Å². The van der Waals surface area contributed by atoms with E-state index >= 15 is 0 Å². The highest BCUT2D eigenvalue weighted by Crippen LogP contribution is 2.37. The van der Waals surface area contributed by atoms with Crippen LogP contribution < -0.4 is 4.90 Å². The molecule has 2 aromatic carbocycles. The fourth-order valence-corrected chi connectivity index (χ4v) is 4.35. The molecule has 1 atom stereocenters. The number of piperidine rings is 1. The molecule has 1 fully saturated rings. The first kappa shape index (κ1) is 18.5. The van der Waals surface area contributed by atoms with E-state index in [-0.39, 0.29) is 11.8 Å². The van der Waals surface area contributed by atoms with Crippen LogP contribution in [0.2, 0.25) is 0 Å². The minimum absolute atomic E-state index is 0.208. The van der Waals surface area contributed by atoms with Gasteiger partial charge in [0.2, 0.25) is 0 Å². The molecule has 0 bridgehead atoms. The van der Waals surface area contributed by atoms with Gasteiger partial charge in [0.15, 0.2) is 0 Å². The maximum Gasteiger partial charge on any atom is 0.282 e. The average molecular weight is 374 g/mol. The van der Waals surface area contributed by atoms with Crippen LogP contribution in [-0.4, -0.2) is 29.8 Å². The number of benzene rings is 2. The van der Waals surface area contributed by atoms with Crippen molar-refractivity contribution in [2.45, 2.75) is 33.6 Å². The number of nitrogens with zero attached hydrogens (tertiary/aromatic N) is 2. The molecule has 4 rings (SSSR count). The van der Waals surface area contributed by atoms with Crippen molar-refractivity contribution in [3.8, 4) is 0 Å². The van der Waals surface area contributed by atoms with Gasteiger partial charge in [0.05, 0.1) is 11.3 Å². The van der Waals surface area contributed by atoms with Gasteiger partial charge in [-0.1, -0.05) is 48.9 Å². The lowest BCUT2D eigenvalue weighted by atomic mass is 9.95. The highest BCUT2D eigenvalue weighted by molar-refractivity contribution is 6.45. The van der Waals surface area contributed by atoms with Crippen LogP contribution in [0.15, 0.2) is 54.2 Å². The van der Waals surface area contributed by atoms with E-state index in [1.54, 1.807) is 0 Å². The van der Waals surface area contributed by atoms with Gasteiger partial charge < -0.3 is 4.90 Å². The summed E-state index contributed by atoms with van der Waals surface area (Å²) in [6, 6.07) is 15.3. The van der Waals surface area contributed by atoms with Crippen molar-refractivity contribution in [2.75, 3.05) is 18.0 Å². The van der Waals surface area contributed by atoms with Crippen LogP contribution >= 0.6 is 0 Å². The minimum atomic E-state index is -0.226. The SMILES string of the molecule is Cc1ccc(C2=C(N3CCCC(C)C3)C(=O)N(c3ccccc3)C2=O)c(C)c1. The van der Waals surface area contributed by atoms with Gasteiger partial charge in [0.25, 0.3) is 11.8 Å². The molecule has 4 heteroatoms. The van der Waals surface area contributed by atoms with Crippen molar-refractivity contribution in [2.24, 2.45) is 5.92 Å².